The lowest BCUT2D eigenvalue weighted by Gasteiger charge is -2.19. The van der Waals surface area contributed by atoms with E-state index >= 15 is 0 Å². The third kappa shape index (κ3) is 6.37. The van der Waals surface area contributed by atoms with Crippen molar-refractivity contribution >= 4 is 23.9 Å². The number of carbonyl (C=O) groups excluding carboxylic acids is 1. The van der Waals surface area contributed by atoms with Gasteiger partial charge in [0.2, 0.25) is 0 Å². The van der Waals surface area contributed by atoms with Gasteiger partial charge >= 0.3 is 0 Å². The highest BCUT2D eigenvalue weighted by Crippen LogP contribution is 2.30. The predicted octanol–water partition coefficient (Wildman–Crippen LogP) is 5.19. The van der Waals surface area contributed by atoms with Crippen LogP contribution in [-0.4, -0.2) is 44.9 Å². The van der Waals surface area contributed by atoms with E-state index in [2.05, 4.69) is 65.8 Å². The van der Waals surface area contributed by atoms with Crippen LogP contribution in [-0.2, 0) is 10.2 Å². The molecule has 0 saturated heterocycles. The Balaban J connectivity index is 1.50. The molecule has 1 aromatic heterocycles. The van der Waals surface area contributed by atoms with E-state index in [-0.39, 0.29) is 22.8 Å². The number of hydrogen-bond acceptors (Lipinski definition) is 7. The number of thioether (sulfide) groups is 1. The fourth-order valence-electron chi connectivity index (χ4n) is 3.60. The number of benzene rings is 3. The van der Waals surface area contributed by atoms with Crippen molar-refractivity contribution in [2.75, 3.05) is 12.9 Å². The highest BCUT2D eigenvalue weighted by molar-refractivity contribution is 7.99. The van der Waals surface area contributed by atoms with Gasteiger partial charge < -0.3 is 9.84 Å². The topological polar surface area (TPSA) is 102 Å². The standard InChI is InChI=1S/C28H29N5O3S/c1-28(2,3)21-13-11-20(12-14-21)26-31-32-27(33(26)22-8-6-5-7-9-22)37-18-25(35)30-29-17-19-10-15-23(34)24(16-19)36-4/h5-17,34H,18H2,1-4H3,(H,30,35)/b29-17-. The number of ether oxygens (including phenoxy) is 1. The fraction of sp³-hybridized carbons (Fsp3) is 0.214. The Kier molecular flexibility index (Phi) is 7.93. The number of para-hydroxylation sites is 1. The molecule has 2 N–H and O–H groups in total. The first-order valence-electron chi connectivity index (χ1n) is 11.7. The quantitative estimate of drug-likeness (QED) is 0.190. The second-order valence-corrected chi connectivity index (χ2v) is 10.3. The van der Waals surface area contributed by atoms with Crippen LogP contribution in [0.25, 0.3) is 17.1 Å². The number of rotatable bonds is 8. The van der Waals surface area contributed by atoms with Crippen molar-refractivity contribution in [2.45, 2.75) is 31.3 Å². The van der Waals surface area contributed by atoms with Crippen molar-refractivity contribution in [3.05, 3.63) is 83.9 Å². The molecular weight excluding hydrogens is 486 g/mol. The average molecular weight is 516 g/mol. The van der Waals surface area contributed by atoms with Crippen LogP contribution < -0.4 is 10.2 Å². The number of methoxy groups -OCH3 is 1. The number of phenolic OH excluding ortho intramolecular Hbond substituents is 1. The Hall–Kier alpha value is -4.11. The van der Waals surface area contributed by atoms with E-state index in [1.165, 1.54) is 36.7 Å². The summed E-state index contributed by atoms with van der Waals surface area (Å²) in [6.45, 7) is 6.54. The first-order chi connectivity index (χ1) is 17.8. The van der Waals surface area contributed by atoms with E-state index in [0.717, 1.165) is 11.3 Å². The normalized spacial score (nSPS) is 11.6. The summed E-state index contributed by atoms with van der Waals surface area (Å²) in [5.41, 5.74) is 6.33. The lowest BCUT2D eigenvalue weighted by molar-refractivity contribution is -0.118. The molecular formula is C28H29N5O3S. The lowest BCUT2D eigenvalue weighted by atomic mass is 9.87. The SMILES string of the molecule is COc1cc(/C=N\NC(=O)CSc2nnc(-c3ccc(C(C)(C)C)cc3)n2-c2ccccc2)ccc1O. The van der Waals surface area contributed by atoms with Crippen LogP contribution in [0.4, 0.5) is 0 Å². The van der Waals surface area contributed by atoms with Gasteiger partial charge in [-0.25, -0.2) is 5.43 Å². The van der Waals surface area contributed by atoms with E-state index in [1.54, 1.807) is 12.1 Å². The van der Waals surface area contributed by atoms with Gasteiger partial charge in [0, 0.05) is 11.3 Å². The number of phenols is 1. The summed E-state index contributed by atoms with van der Waals surface area (Å²) in [7, 11) is 1.47. The van der Waals surface area contributed by atoms with Crippen molar-refractivity contribution in [3.63, 3.8) is 0 Å². The largest absolute Gasteiger partial charge is 0.504 e. The predicted molar refractivity (Wildman–Crippen MR) is 147 cm³/mol. The first-order valence-corrected chi connectivity index (χ1v) is 12.7. The van der Waals surface area contributed by atoms with Gasteiger partial charge in [-0.3, -0.25) is 9.36 Å². The molecule has 1 heterocycles. The van der Waals surface area contributed by atoms with Gasteiger partial charge in [-0.1, -0.05) is 75.0 Å². The van der Waals surface area contributed by atoms with Gasteiger partial charge in [-0.15, -0.1) is 10.2 Å². The average Bonchev–Trinajstić information content (AvgIpc) is 3.32. The summed E-state index contributed by atoms with van der Waals surface area (Å²) in [6, 6.07) is 23.0. The number of aromatic hydroxyl groups is 1. The van der Waals surface area contributed by atoms with Gasteiger partial charge in [0.25, 0.3) is 5.91 Å². The first kappa shape index (κ1) is 26.0. The molecule has 9 heteroatoms. The van der Waals surface area contributed by atoms with Gasteiger partial charge in [0.1, 0.15) is 0 Å². The smallest absolute Gasteiger partial charge is 0.250 e. The Morgan fingerprint density at radius 3 is 2.49 bits per heavy atom. The molecule has 0 aliphatic carbocycles. The molecule has 0 saturated carbocycles. The van der Waals surface area contributed by atoms with Crippen LogP contribution in [0.3, 0.4) is 0 Å². The monoisotopic (exact) mass is 515 g/mol. The van der Waals surface area contributed by atoms with E-state index in [9.17, 15) is 9.90 Å². The van der Waals surface area contributed by atoms with Crippen LogP contribution in [0.5, 0.6) is 11.5 Å². The van der Waals surface area contributed by atoms with E-state index < -0.39 is 0 Å². The molecule has 8 nitrogen and oxygen atoms in total. The Morgan fingerprint density at radius 2 is 1.81 bits per heavy atom. The molecule has 37 heavy (non-hydrogen) atoms. The van der Waals surface area contributed by atoms with Crippen molar-refractivity contribution in [1.82, 2.24) is 20.2 Å². The molecule has 0 aliphatic rings. The van der Waals surface area contributed by atoms with Crippen molar-refractivity contribution in [2.24, 2.45) is 5.10 Å². The number of hydrazone groups is 1. The highest BCUT2D eigenvalue weighted by Gasteiger charge is 2.19. The molecule has 0 atom stereocenters. The van der Waals surface area contributed by atoms with Gasteiger partial charge in [-0.05, 0) is 46.9 Å². The maximum absolute atomic E-state index is 12.5. The number of nitrogens with one attached hydrogen (secondary N) is 1. The maximum Gasteiger partial charge on any atom is 0.250 e. The summed E-state index contributed by atoms with van der Waals surface area (Å²) in [5.74, 6) is 0.881. The van der Waals surface area contributed by atoms with E-state index in [0.29, 0.717) is 22.3 Å². The molecule has 0 aliphatic heterocycles. The number of hydrogen-bond donors (Lipinski definition) is 2. The molecule has 0 radical (unpaired) electrons. The Labute approximate surface area is 220 Å². The fourth-order valence-corrected chi connectivity index (χ4v) is 4.34. The third-order valence-electron chi connectivity index (χ3n) is 5.60. The zero-order chi connectivity index (χ0) is 26.4. The van der Waals surface area contributed by atoms with Crippen molar-refractivity contribution in [1.29, 1.82) is 0 Å². The Bertz CT molecular complexity index is 1390. The molecule has 4 aromatic rings. The van der Waals surface area contributed by atoms with Crippen molar-refractivity contribution < 1.29 is 14.6 Å². The van der Waals surface area contributed by atoms with E-state index in [1.807, 2.05) is 34.9 Å². The van der Waals surface area contributed by atoms with Crippen LogP contribution in [0.15, 0.2) is 83.1 Å². The van der Waals surface area contributed by atoms with Gasteiger partial charge in [-0.2, -0.15) is 5.10 Å². The zero-order valence-electron chi connectivity index (χ0n) is 21.2. The molecule has 1 amide bonds. The summed E-state index contributed by atoms with van der Waals surface area (Å²) in [4.78, 5) is 12.5. The number of nitrogens with zero attached hydrogens (tertiary/aromatic N) is 4. The molecule has 0 unspecified atom stereocenters. The Morgan fingerprint density at radius 1 is 1.08 bits per heavy atom. The minimum absolute atomic E-state index is 0.0344. The zero-order valence-corrected chi connectivity index (χ0v) is 22.0. The summed E-state index contributed by atoms with van der Waals surface area (Å²) >= 11 is 1.28. The molecule has 4 rings (SSSR count). The maximum atomic E-state index is 12.5. The summed E-state index contributed by atoms with van der Waals surface area (Å²) in [5, 5.41) is 23.1. The van der Waals surface area contributed by atoms with Gasteiger partial charge in [0.15, 0.2) is 22.5 Å². The third-order valence-corrected chi connectivity index (χ3v) is 6.52. The molecule has 0 fully saturated rings. The van der Waals surface area contributed by atoms with Crippen LogP contribution in [0, 0.1) is 0 Å². The number of carbonyl (C=O) groups is 1. The minimum atomic E-state index is -0.286. The molecule has 3 aromatic carbocycles. The van der Waals surface area contributed by atoms with Crippen LogP contribution in [0.2, 0.25) is 0 Å². The molecule has 0 bridgehead atoms. The summed E-state index contributed by atoms with van der Waals surface area (Å²) < 4.78 is 7.04. The van der Waals surface area contributed by atoms with Crippen molar-refractivity contribution in [3.8, 4) is 28.6 Å². The van der Waals surface area contributed by atoms with Crippen LogP contribution in [0.1, 0.15) is 31.9 Å². The molecule has 0 spiro atoms. The second kappa shape index (κ2) is 11.3. The highest BCUT2D eigenvalue weighted by atomic mass is 32.2. The minimum Gasteiger partial charge on any atom is -0.504 e. The lowest BCUT2D eigenvalue weighted by Crippen LogP contribution is -2.20. The van der Waals surface area contributed by atoms with Gasteiger partial charge in [0.05, 0.1) is 19.1 Å². The summed E-state index contributed by atoms with van der Waals surface area (Å²) in [6.07, 6.45) is 1.48. The van der Waals surface area contributed by atoms with E-state index in [4.69, 9.17) is 4.74 Å². The number of amides is 1. The molecule has 190 valence electrons. The van der Waals surface area contributed by atoms with Crippen LogP contribution >= 0.6 is 11.8 Å². The second-order valence-electron chi connectivity index (χ2n) is 9.32. The number of aromatic nitrogens is 3.